The summed E-state index contributed by atoms with van der Waals surface area (Å²) in [6.45, 7) is 7.30. The third kappa shape index (κ3) is 9.67. The molecule has 14 heteroatoms. The van der Waals surface area contributed by atoms with Crippen LogP contribution in [0.1, 0.15) is 111 Å². The minimum atomic E-state index is -1.15. The molecule has 1 heterocycles. The minimum absolute atomic E-state index is 0.0207. The lowest BCUT2D eigenvalue weighted by Crippen LogP contribution is -2.61. The van der Waals surface area contributed by atoms with Gasteiger partial charge in [-0.25, -0.2) is 0 Å². The molecule has 0 aromatic heterocycles. The second kappa shape index (κ2) is 17.8. The van der Waals surface area contributed by atoms with Gasteiger partial charge in [0.05, 0.1) is 25.7 Å². The van der Waals surface area contributed by atoms with Crippen molar-refractivity contribution in [3.8, 4) is 0 Å². The van der Waals surface area contributed by atoms with E-state index in [1.165, 1.54) is 4.90 Å². The maximum Gasteiger partial charge on any atom is 0.317 e. The van der Waals surface area contributed by atoms with E-state index in [-0.39, 0.29) is 48.2 Å². The quantitative estimate of drug-likeness (QED) is 0.117. The predicted octanol–water partition coefficient (Wildman–Crippen LogP) is 3.70. The molecule has 5 aliphatic rings. The van der Waals surface area contributed by atoms with Gasteiger partial charge in [0.15, 0.2) is 0 Å². The molecule has 1 saturated heterocycles. The van der Waals surface area contributed by atoms with E-state index in [2.05, 4.69) is 26.1 Å². The number of aliphatic carboxylic acids is 4. The van der Waals surface area contributed by atoms with Gasteiger partial charge in [-0.05, 0) is 124 Å². The van der Waals surface area contributed by atoms with Crippen molar-refractivity contribution >= 4 is 29.8 Å². The van der Waals surface area contributed by atoms with Crippen molar-refractivity contribution in [2.24, 2.45) is 46.3 Å². The number of likely N-dealkylation sites (N-methyl/N-ethyl adjacent to an activating group) is 1. The van der Waals surface area contributed by atoms with Crippen LogP contribution in [0.25, 0.3) is 0 Å². The maximum atomic E-state index is 13.4. The molecule has 0 radical (unpaired) electrons. The highest BCUT2D eigenvalue weighted by molar-refractivity contribution is 5.76. The molecule has 4 saturated carbocycles. The summed E-state index contributed by atoms with van der Waals surface area (Å²) in [6.07, 6.45) is 10.3. The summed E-state index contributed by atoms with van der Waals surface area (Å²) >= 11 is 0. The average molecular weight is 777 g/mol. The Morgan fingerprint density at radius 1 is 0.818 bits per heavy atom. The SMILES string of the molecule is CC(CCC(=O)O)[C@H]1CCC2C3CC[C@@H]4C[C@@H](NC(=O)CCCCC5(N(CC(=O)O)CC(=O)O)CN(C)CCN(CC(=O)O)C5)CC[C@]4(C)C3C[C@H](O)[C@@]21C. The van der Waals surface area contributed by atoms with Gasteiger partial charge in [-0.1, -0.05) is 27.2 Å². The first-order valence-corrected chi connectivity index (χ1v) is 20.9. The van der Waals surface area contributed by atoms with Gasteiger partial charge < -0.3 is 35.7 Å². The van der Waals surface area contributed by atoms with Crippen LogP contribution in [-0.4, -0.2) is 141 Å². The summed E-state index contributed by atoms with van der Waals surface area (Å²) in [5, 5.41) is 53.5. The first-order chi connectivity index (χ1) is 25.9. The molecule has 0 bridgehead atoms. The third-order valence-corrected chi connectivity index (χ3v) is 15.6. The summed E-state index contributed by atoms with van der Waals surface area (Å²) in [4.78, 5) is 65.3. The highest BCUT2D eigenvalue weighted by Gasteiger charge is 2.63. The number of carbonyl (C=O) groups excluding carboxylic acids is 1. The Bertz CT molecular complexity index is 1400. The highest BCUT2D eigenvalue weighted by Crippen LogP contribution is 2.68. The van der Waals surface area contributed by atoms with Gasteiger partial charge in [-0.2, -0.15) is 0 Å². The zero-order valence-corrected chi connectivity index (χ0v) is 33.6. The molecule has 6 N–H and O–H groups in total. The average Bonchev–Trinajstić information content (AvgIpc) is 3.37. The van der Waals surface area contributed by atoms with Crippen LogP contribution < -0.4 is 5.32 Å². The number of hydrogen-bond donors (Lipinski definition) is 6. The fraction of sp³-hybridized carbons (Fsp3) is 0.878. The molecular formula is C41H68N4O10. The maximum absolute atomic E-state index is 13.4. The fourth-order valence-electron chi connectivity index (χ4n) is 12.9. The summed E-state index contributed by atoms with van der Waals surface area (Å²) < 4.78 is 0. The van der Waals surface area contributed by atoms with Crippen molar-refractivity contribution in [1.29, 1.82) is 0 Å². The number of unbranched alkanes of at least 4 members (excludes halogenated alkanes) is 1. The molecule has 4 aliphatic carbocycles. The molecule has 11 atom stereocenters. The van der Waals surface area contributed by atoms with Crippen molar-refractivity contribution in [3.63, 3.8) is 0 Å². The highest BCUT2D eigenvalue weighted by atomic mass is 16.4. The van der Waals surface area contributed by atoms with Gasteiger partial charge in [0.25, 0.3) is 0 Å². The predicted molar refractivity (Wildman–Crippen MR) is 204 cm³/mol. The fourth-order valence-corrected chi connectivity index (χ4v) is 12.9. The molecule has 0 aromatic rings. The van der Waals surface area contributed by atoms with Gasteiger partial charge in [-0.15, -0.1) is 0 Å². The number of aliphatic hydroxyl groups is 1. The lowest BCUT2D eigenvalue weighted by molar-refractivity contribution is -0.170. The number of nitrogens with one attached hydrogen (secondary N) is 1. The van der Waals surface area contributed by atoms with Crippen molar-refractivity contribution in [3.05, 3.63) is 0 Å². The number of rotatable bonds is 17. The van der Waals surface area contributed by atoms with E-state index >= 15 is 0 Å². The smallest absolute Gasteiger partial charge is 0.317 e. The molecule has 0 spiro atoms. The van der Waals surface area contributed by atoms with Gasteiger partial charge >= 0.3 is 23.9 Å². The molecule has 1 amide bonds. The van der Waals surface area contributed by atoms with E-state index in [0.29, 0.717) is 81.3 Å². The first kappa shape index (κ1) is 43.3. The Kier molecular flexibility index (Phi) is 14.0. The largest absolute Gasteiger partial charge is 0.481 e. The van der Waals surface area contributed by atoms with Crippen LogP contribution in [0.15, 0.2) is 0 Å². The van der Waals surface area contributed by atoms with E-state index in [1.54, 1.807) is 4.90 Å². The van der Waals surface area contributed by atoms with E-state index in [9.17, 15) is 49.5 Å². The second-order valence-electron chi connectivity index (χ2n) is 18.8. The monoisotopic (exact) mass is 776 g/mol. The first-order valence-electron chi connectivity index (χ1n) is 20.9. The molecule has 1 aliphatic heterocycles. The lowest BCUT2D eigenvalue weighted by atomic mass is 9.43. The topological polar surface area (TPSA) is 208 Å². The summed E-state index contributed by atoms with van der Waals surface area (Å²) in [7, 11) is 1.87. The number of amides is 1. The molecule has 5 unspecified atom stereocenters. The summed E-state index contributed by atoms with van der Waals surface area (Å²) in [6, 6.07) is 0.0832. The second-order valence-corrected chi connectivity index (χ2v) is 18.8. The zero-order chi connectivity index (χ0) is 40.3. The molecule has 312 valence electrons. The van der Waals surface area contributed by atoms with Crippen LogP contribution >= 0.6 is 0 Å². The van der Waals surface area contributed by atoms with Crippen LogP contribution in [0.4, 0.5) is 0 Å². The summed E-state index contributed by atoms with van der Waals surface area (Å²) in [5.41, 5.74) is -1.00. The molecule has 55 heavy (non-hydrogen) atoms. The van der Waals surface area contributed by atoms with Gasteiger partial charge in [0, 0.05) is 50.6 Å². The lowest BCUT2D eigenvalue weighted by Gasteiger charge is -2.62. The van der Waals surface area contributed by atoms with E-state index in [4.69, 9.17) is 0 Å². The Labute approximate surface area is 326 Å². The number of hydrogen-bond acceptors (Lipinski definition) is 9. The Balaban J connectivity index is 1.17. The number of carbonyl (C=O) groups is 5. The van der Waals surface area contributed by atoms with E-state index in [0.717, 1.165) is 51.4 Å². The van der Waals surface area contributed by atoms with Crippen molar-refractivity contribution in [2.75, 3.05) is 52.9 Å². The summed E-state index contributed by atoms with van der Waals surface area (Å²) in [5.74, 6) is -1.57. The standard InChI is InChI=1S/C41H68N4O10/c1-26(8-13-35(48)49)30-11-12-31-29-10-9-27-19-28(14-16-39(27,2)32(29)20-33(46)40(30,31)3)42-34(47)7-5-6-15-41(45(22-37(52)53)23-38(54)55)24-43(4)17-18-44(25-41)21-36(50)51/h26-33,46H,5-25H2,1-4H3,(H,42,47)(H,48,49)(H,50,51)(H,52,53)(H,54,55)/t26?,27-,28+,29?,30-,31?,32?,33+,39+,40-,41?/m1/s1. The third-order valence-electron chi connectivity index (χ3n) is 15.6. The molecular weight excluding hydrogens is 708 g/mol. The molecule has 5 fully saturated rings. The van der Waals surface area contributed by atoms with Crippen LogP contribution in [0.2, 0.25) is 0 Å². The number of carboxylic acid groups (broad SMARTS) is 4. The Morgan fingerprint density at radius 3 is 2.18 bits per heavy atom. The Morgan fingerprint density at radius 2 is 1.53 bits per heavy atom. The van der Waals surface area contributed by atoms with Crippen molar-refractivity contribution in [2.45, 2.75) is 128 Å². The van der Waals surface area contributed by atoms with Crippen molar-refractivity contribution < 1.29 is 49.5 Å². The Hall–Kier alpha value is -2.81. The molecule has 14 nitrogen and oxygen atoms in total. The number of carboxylic acids is 4. The van der Waals surface area contributed by atoms with Crippen LogP contribution in [0, 0.1) is 46.3 Å². The van der Waals surface area contributed by atoms with Crippen LogP contribution in [0.3, 0.4) is 0 Å². The van der Waals surface area contributed by atoms with Crippen LogP contribution in [0.5, 0.6) is 0 Å². The zero-order valence-electron chi connectivity index (χ0n) is 33.6. The van der Waals surface area contributed by atoms with Crippen LogP contribution in [-0.2, 0) is 24.0 Å². The number of nitrogens with zero attached hydrogens (tertiary/aromatic N) is 3. The normalized spacial score (nSPS) is 37.2. The minimum Gasteiger partial charge on any atom is -0.481 e. The molecule has 5 rings (SSSR count). The molecule has 0 aromatic carbocycles. The van der Waals surface area contributed by atoms with Gasteiger partial charge in [0.1, 0.15) is 0 Å². The number of fused-ring (bicyclic) bond motifs is 5. The van der Waals surface area contributed by atoms with Gasteiger partial charge in [0.2, 0.25) is 5.91 Å². The number of aliphatic hydroxyl groups excluding tert-OH is 1. The van der Waals surface area contributed by atoms with Crippen molar-refractivity contribution in [1.82, 2.24) is 20.0 Å². The van der Waals surface area contributed by atoms with E-state index in [1.807, 2.05) is 11.9 Å². The van der Waals surface area contributed by atoms with Gasteiger partial charge in [-0.3, -0.25) is 33.8 Å². The van der Waals surface area contributed by atoms with E-state index < -0.39 is 48.6 Å².